The summed E-state index contributed by atoms with van der Waals surface area (Å²) in [6.45, 7) is 3.34. The Hall–Kier alpha value is -2.69. The van der Waals surface area contributed by atoms with Gasteiger partial charge in [-0.1, -0.05) is 12.1 Å². The van der Waals surface area contributed by atoms with Crippen LogP contribution in [0.15, 0.2) is 48.5 Å². The van der Waals surface area contributed by atoms with Gasteiger partial charge < -0.3 is 19.5 Å². The first-order valence-electron chi connectivity index (χ1n) is 7.51. The van der Waals surface area contributed by atoms with Gasteiger partial charge in [-0.05, 0) is 37.3 Å². The Morgan fingerprint density at radius 1 is 1.00 bits per heavy atom. The summed E-state index contributed by atoms with van der Waals surface area (Å²) in [5, 5.41) is 2.81. The van der Waals surface area contributed by atoms with Crippen LogP contribution in [-0.4, -0.2) is 32.8 Å². The van der Waals surface area contributed by atoms with Crippen LogP contribution < -0.4 is 19.5 Å². The Morgan fingerprint density at radius 2 is 1.70 bits per heavy atom. The molecule has 0 fully saturated rings. The van der Waals surface area contributed by atoms with E-state index in [9.17, 15) is 4.79 Å². The molecular formula is C18H21NO4. The van der Waals surface area contributed by atoms with Crippen molar-refractivity contribution in [2.45, 2.75) is 6.92 Å². The van der Waals surface area contributed by atoms with Crippen molar-refractivity contribution in [1.82, 2.24) is 5.32 Å². The molecule has 5 nitrogen and oxygen atoms in total. The average Bonchev–Trinajstić information content (AvgIpc) is 2.59. The van der Waals surface area contributed by atoms with E-state index in [1.54, 1.807) is 31.4 Å². The summed E-state index contributed by atoms with van der Waals surface area (Å²) in [7, 11) is 1.57. The van der Waals surface area contributed by atoms with E-state index < -0.39 is 0 Å². The van der Waals surface area contributed by atoms with Gasteiger partial charge in [0.1, 0.15) is 23.9 Å². The van der Waals surface area contributed by atoms with E-state index in [4.69, 9.17) is 14.2 Å². The molecule has 1 amide bonds. The van der Waals surface area contributed by atoms with Crippen LogP contribution in [0, 0.1) is 0 Å². The number of methoxy groups -OCH3 is 1. The Bertz CT molecular complexity index is 642. The van der Waals surface area contributed by atoms with E-state index in [0.717, 1.165) is 5.75 Å². The zero-order valence-corrected chi connectivity index (χ0v) is 13.4. The van der Waals surface area contributed by atoms with Gasteiger partial charge >= 0.3 is 0 Å². The Kier molecular flexibility index (Phi) is 6.29. The first-order valence-corrected chi connectivity index (χ1v) is 7.51. The number of rotatable bonds is 8. The second-order valence-corrected chi connectivity index (χ2v) is 4.74. The average molecular weight is 315 g/mol. The minimum Gasteiger partial charge on any atom is -0.497 e. The fourth-order valence-corrected chi connectivity index (χ4v) is 2.02. The Morgan fingerprint density at radius 3 is 2.43 bits per heavy atom. The second-order valence-electron chi connectivity index (χ2n) is 4.74. The zero-order valence-electron chi connectivity index (χ0n) is 13.4. The summed E-state index contributed by atoms with van der Waals surface area (Å²) in [4.78, 5) is 12.0. The van der Waals surface area contributed by atoms with E-state index in [0.29, 0.717) is 36.8 Å². The van der Waals surface area contributed by atoms with Crippen LogP contribution in [0.25, 0.3) is 0 Å². The van der Waals surface area contributed by atoms with Crippen LogP contribution in [-0.2, 0) is 0 Å². The van der Waals surface area contributed by atoms with E-state index in [-0.39, 0.29) is 5.91 Å². The van der Waals surface area contributed by atoms with Gasteiger partial charge in [0.15, 0.2) is 0 Å². The Balaban J connectivity index is 1.78. The van der Waals surface area contributed by atoms with Crippen LogP contribution in [0.2, 0.25) is 0 Å². The fourth-order valence-electron chi connectivity index (χ4n) is 2.02. The lowest BCUT2D eigenvalue weighted by Crippen LogP contribution is -2.28. The second kappa shape index (κ2) is 8.68. The number of ether oxygens (including phenoxy) is 3. The summed E-state index contributed by atoms with van der Waals surface area (Å²) >= 11 is 0. The van der Waals surface area contributed by atoms with Gasteiger partial charge in [0.2, 0.25) is 0 Å². The van der Waals surface area contributed by atoms with Crippen molar-refractivity contribution in [1.29, 1.82) is 0 Å². The highest BCUT2D eigenvalue weighted by Gasteiger charge is 2.06. The van der Waals surface area contributed by atoms with E-state index in [1.165, 1.54) is 0 Å². The van der Waals surface area contributed by atoms with Crippen molar-refractivity contribution in [3.05, 3.63) is 54.1 Å². The van der Waals surface area contributed by atoms with Gasteiger partial charge in [-0.3, -0.25) is 4.79 Å². The van der Waals surface area contributed by atoms with Crippen LogP contribution in [0.3, 0.4) is 0 Å². The molecule has 23 heavy (non-hydrogen) atoms. The number of carbonyl (C=O) groups excluding carboxylic acids is 1. The van der Waals surface area contributed by atoms with Crippen molar-refractivity contribution in [3.8, 4) is 17.2 Å². The predicted octanol–water partition coefficient (Wildman–Crippen LogP) is 2.90. The van der Waals surface area contributed by atoms with Gasteiger partial charge in [0, 0.05) is 11.6 Å². The monoisotopic (exact) mass is 315 g/mol. The minimum absolute atomic E-state index is 0.157. The number of hydrogen-bond acceptors (Lipinski definition) is 4. The van der Waals surface area contributed by atoms with Crippen molar-refractivity contribution >= 4 is 5.91 Å². The molecule has 0 heterocycles. The maximum absolute atomic E-state index is 12.0. The van der Waals surface area contributed by atoms with Crippen LogP contribution >= 0.6 is 0 Å². The molecule has 0 saturated heterocycles. The van der Waals surface area contributed by atoms with Crippen molar-refractivity contribution in [2.24, 2.45) is 0 Å². The number of benzene rings is 2. The number of amides is 1. The predicted molar refractivity (Wildman–Crippen MR) is 88.4 cm³/mol. The fraction of sp³-hybridized carbons (Fsp3) is 0.278. The molecule has 2 rings (SSSR count). The van der Waals surface area contributed by atoms with Crippen LogP contribution in [0.4, 0.5) is 0 Å². The third kappa shape index (κ3) is 5.21. The first kappa shape index (κ1) is 16.7. The maximum atomic E-state index is 12.0. The molecule has 0 saturated carbocycles. The minimum atomic E-state index is -0.157. The zero-order chi connectivity index (χ0) is 16.5. The highest BCUT2D eigenvalue weighted by atomic mass is 16.5. The molecule has 2 aromatic carbocycles. The quantitative estimate of drug-likeness (QED) is 0.761. The standard InChI is InChI=1S/C18H21NO4/c1-3-22-16-8-5-9-17(13-16)23-11-10-19-18(20)14-6-4-7-15(12-14)21-2/h4-9,12-13H,3,10-11H2,1-2H3,(H,19,20). The summed E-state index contributed by atoms with van der Waals surface area (Å²) in [6, 6.07) is 14.4. The molecule has 0 aliphatic rings. The number of nitrogens with one attached hydrogen (secondary N) is 1. The molecular weight excluding hydrogens is 294 g/mol. The molecule has 5 heteroatoms. The highest BCUT2D eigenvalue weighted by Crippen LogP contribution is 2.19. The largest absolute Gasteiger partial charge is 0.497 e. The normalized spacial score (nSPS) is 10.0. The molecule has 0 aliphatic carbocycles. The first-order chi connectivity index (χ1) is 11.2. The molecule has 0 radical (unpaired) electrons. The number of hydrogen-bond donors (Lipinski definition) is 1. The summed E-state index contributed by atoms with van der Waals surface area (Å²) < 4.78 is 16.1. The maximum Gasteiger partial charge on any atom is 0.251 e. The van der Waals surface area contributed by atoms with Crippen LogP contribution in [0.5, 0.6) is 17.2 Å². The molecule has 0 aromatic heterocycles. The molecule has 0 spiro atoms. The van der Waals surface area contributed by atoms with Crippen molar-refractivity contribution in [3.63, 3.8) is 0 Å². The van der Waals surface area contributed by atoms with Gasteiger partial charge in [-0.2, -0.15) is 0 Å². The number of carbonyl (C=O) groups is 1. The van der Waals surface area contributed by atoms with Crippen molar-refractivity contribution in [2.75, 3.05) is 26.9 Å². The van der Waals surface area contributed by atoms with Gasteiger partial charge in [0.05, 0.1) is 20.3 Å². The van der Waals surface area contributed by atoms with E-state index in [1.807, 2.05) is 31.2 Å². The Labute approximate surface area is 136 Å². The molecule has 1 N–H and O–H groups in total. The molecule has 0 bridgehead atoms. The van der Waals surface area contributed by atoms with Gasteiger partial charge in [-0.15, -0.1) is 0 Å². The lowest BCUT2D eigenvalue weighted by Gasteiger charge is -2.10. The van der Waals surface area contributed by atoms with E-state index >= 15 is 0 Å². The van der Waals surface area contributed by atoms with Gasteiger partial charge in [0.25, 0.3) is 5.91 Å². The summed E-state index contributed by atoms with van der Waals surface area (Å²) in [6.07, 6.45) is 0. The third-order valence-electron chi connectivity index (χ3n) is 3.10. The smallest absolute Gasteiger partial charge is 0.251 e. The summed E-state index contributed by atoms with van der Waals surface area (Å²) in [5.74, 6) is 1.98. The van der Waals surface area contributed by atoms with Crippen LogP contribution in [0.1, 0.15) is 17.3 Å². The molecule has 0 unspecified atom stereocenters. The lowest BCUT2D eigenvalue weighted by molar-refractivity contribution is 0.0946. The lowest BCUT2D eigenvalue weighted by atomic mass is 10.2. The highest BCUT2D eigenvalue weighted by molar-refractivity contribution is 5.94. The third-order valence-corrected chi connectivity index (χ3v) is 3.10. The van der Waals surface area contributed by atoms with Crippen molar-refractivity contribution < 1.29 is 19.0 Å². The van der Waals surface area contributed by atoms with Gasteiger partial charge in [-0.25, -0.2) is 0 Å². The molecule has 2 aromatic rings. The SMILES string of the molecule is CCOc1cccc(OCCNC(=O)c2cccc(OC)c2)c1. The molecule has 0 atom stereocenters. The topological polar surface area (TPSA) is 56.8 Å². The molecule has 0 aliphatic heterocycles. The van der Waals surface area contributed by atoms with E-state index in [2.05, 4.69) is 5.32 Å². The summed E-state index contributed by atoms with van der Waals surface area (Å²) in [5.41, 5.74) is 0.558. The molecule has 122 valence electrons.